The molecular weight excluding hydrogens is 424 g/mol. The number of benzene rings is 2. The summed E-state index contributed by atoms with van der Waals surface area (Å²) in [5.41, 5.74) is 1.41. The molecule has 1 amide bonds. The molecule has 1 aliphatic heterocycles. The number of hydrogen-bond donors (Lipinski definition) is 1. The van der Waals surface area contributed by atoms with Crippen LogP contribution >= 0.6 is 0 Å². The average Bonchev–Trinajstić information content (AvgIpc) is 2.81. The average molecular weight is 450 g/mol. The van der Waals surface area contributed by atoms with E-state index in [1.165, 1.54) is 4.57 Å². The van der Waals surface area contributed by atoms with Crippen LogP contribution in [0.15, 0.2) is 53.5 Å². The van der Waals surface area contributed by atoms with Crippen molar-refractivity contribution < 1.29 is 23.8 Å². The molecule has 172 valence electrons. The minimum atomic E-state index is -0.814. The van der Waals surface area contributed by atoms with Gasteiger partial charge in [-0.25, -0.2) is 4.79 Å². The fraction of sp³-hybridized carbons (Fsp3) is 0.320. The highest BCUT2D eigenvalue weighted by Crippen LogP contribution is 2.28. The Morgan fingerprint density at radius 1 is 1.18 bits per heavy atom. The largest absolute Gasteiger partial charge is 0.493 e. The lowest BCUT2D eigenvalue weighted by Crippen LogP contribution is -2.28. The van der Waals surface area contributed by atoms with Crippen molar-refractivity contribution in [2.45, 2.75) is 39.3 Å². The predicted molar refractivity (Wildman–Crippen MR) is 124 cm³/mol. The summed E-state index contributed by atoms with van der Waals surface area (Å²) >= 11 is 0. The molecule has 2 heterocycles. The van der Waals surface area contributed by atoms with Crippen molar-refractivity contribution in [1.29, 1.82) is 0 Å². The van der Waals surface area contributed by atoms with Gasteiger partial charge in [-0.05, 0) is 68.7 Å². The minimum absolute atomic E-state index is 0.132. The van der Waals surface area contributed by atoms with Gasteiger partial charge in [-0.3, -0.25) is 9.59 Å². The van der Waals surface area contributed by atoms with Crippen molar-refractivity contribution in [3.05, 3.63) is 64.6 Å². The van der Waals surface area contributed by atoms with Gasteiger partial charge in [0, 0.05) is 17.3 Å². The molecule has 1 aromatic heterocycles. The third kappa shape index (κ3) is 5.00. The van der Waals surface area contributed by atoms with E-state index in [9.17, 15) is 14.4 Å². The summed E-state index contributed by atoms with van der Waals surface area (Å²) in [6, 6.07) is 12.3. The van der Waals surface area contributed by atoms with E-state index >= 15 is 0 Å². The summed E-state index contributed by atoms with van der Waals surface area (Å²) < 4.78 is 17.6. The molecule has 8 heteroatoms. The number of nitrogens with one attached hydrogen (secondary N) is 1. The molecule has 0 saturated carbocycles. The number of anilines is 1. The Bertz CT molecular complexity index is 1250. The van der Waals surface area contributed by atoms with Crippen LogP contribution < -0.4 is 20.3 Å². The van der Waals surface area contributed by atoms with Gasteiger partial charge in [-0.15, -0.1) is 0 Å². The van der Waals surface area contributed by atoms with E-state index in [4.69, 9.17) is 14.2 Å². The molecule has 0 aliphatic carbocycles. The van der Waals surface area contributed by atoms with E-state index < -0.39 is 12.1 Å². The third-order valence-electron chi connectivity index (χ3n) is 5.41. The number of amides is 1. The number of esters is 1. The summed E-state index contributed by atoms with van der Waals surface area (Å²) in [5.74, 6) is 0.461. The van der Waals surface area contributed by atoms with Gasteiger partial charge in [-0.2, -0.15) is 0 Å². The lowest BCUT2D eigenvalue weighted by Gasteiger charge is -2.18. The van der Waals surface area contributed by atoms with E-state index in [1.807, 2.05) is 12.1 Å². The van der Waals surface area contributed by atoms with Gasteiger partial charge in [0.25, 0.3) is 5.56 Å². The Morgan fingerprint density at radius 2 is 2.03 bits per heavy atom. The first-order valence-corrected chi connectivity index (χ1v) is 11.0. The highest BCUT2D eigenvalue weighted by atomic mass is 16.6. The summed E-state index contributed by atoms with van der Waals surface area (Å²) in [7, 11) is 0. The number of aromatic nitrogens is 1. The van der Waals surface area contributed by atoms with Crippen molar-refractivity contribution in [1.82, 2.24) is 4.57 Å². The molecule has 1 aliphatic rings. The second-order valence-corrected chi connectivity index (χ2v) is 7.80. The molecule has 0 saturated heterocycles. The highest BCUT2D eigenvalue weighted by Gasteiger charge is 2.18. The maximum Gasteiger partial charge on any atom is 0.347 e. The zero-order valence-electron chi connectivity index (χ0n) is 18.6. The van der Waals surface area contributed by atoms with Gasteiger partial charge in [0.2, 0.25) is 5.91 Å². The summed E-state index contributed by atoms with van der Waals surface area (Å²) in [6.45, 7) is 4.15. The van der Waals surface area contributed by atoms with Gasteiger partial charge in [0.05, 0.1) is 18.6 Å². The second-order valence-electron chi connectivity index (χ2n) is 7.80. The summed E-state index contributed by atoms with van der Waals surface area (Å²) in [5, 5.41) is 3.80. The number of hydrogen-bond acceptors (Lipinski definition) is 6. The van der Waals surface area contributed by atoms with Crippen LogP contribution in [0.3, 0.4) is 0 Å². The molecular formula is C25H26N2O6. The predicted octanol–water partition coefficient (Wildman–Crippen LogP) is 3.30. The molecule has 33 heavy (non-hydrogen) atoms. The first-order valence-electron chi connectivity index (χ1n) is 11.0. The number of carbonyl (C=O) groups excluding carboxylic acids is 2. The zero-order valence-corrected chi connectivity index (χ0v) is 18.6. The van der Waals surface area contributed by atoms with E-state index in [0.717, 1.165) is 24.2 Å². The number of pyridine rings is 1. The third-order valence-corrected chi connectivity index (χ3v) is 5.41. The van der Waals surface area contributed by atoms with E-state index in [1.54, 1.807) is 50.4 Å². The molecule has 0 fully saturated rings. The monoisotopic (exact) mass is 450 g/mol. The lowest BCUT2D eigenvalue weighted by atomic mass is 10.1. The van der Waals surface area contributed by atoms with E-state index in [2.05, 4.69) is 5.32 Å². The molecule has 0 spiro atoms. The van der Waals surface area contributed by atoms with Crippen molar-refractivity contribution >= 4 is 28.3 Å². The van der Waals surface area contributed by atoms with Gasteiger partial charge >= 0.3 is 5.97 Å². The van der Waals surface area contributed by atoms with Gasteiger partial charge in [-0.1, -0.05) is 6.07 Å². The van der Waals surface area contributed by atoms with Crippen LogP contribution in [0.5, 0.6) is 11.5 Å². The van der Waals surface area contributed by atoms with Gasteiger partial charge < -0.3 is 24.1 Å². The zero-order chi connectivity index (χ0) is 23.4. The Balaban J connectivity index is 1.50. The fourth-order valence-electron chi connectivity index (χ4n) is 3.81. The molecule has 2 aromatic carbocycles. The Morgan fingerprint density at radius 3 is 2.85 bits per heavy atom. The normalized spacial score (nSPS) is 13.5. The van der Waals surface area contributed by atoms with Crippen molar-refractivity contribution in [2.24, 2.45) is 0 Å². The number of fused-ring (bicyclic) bond motifs is 2. The summed E-state index contributed by atoms with van der Waals surface area (Å²) in [4.78, 5) is 37.5. The quantitative estimate of drug-likeness (QED) is 0.555. The summed E-state index contributed by atoms with van der Waals surface area (Å²) in [6.07, 6.45) is 2.59. The maximum atomic E-state index is 13.0. The highest BCUT2D eigenvalue weighted by molar-refractivity contribution is 5.92. The standard InChI is InChI=1S/C25H26N2O6/c1-3-31-25(30)16(2)33-22-8-4-7-20-19(22)11-12-27(24(20)29)15-23(28)26-18-9-10-21-17(14-18)6-5-13-32-21/h4,7-12,14,16H,3,5-6,13,15H2,1-2H3,(H,26,28). The number of rotatable bonds is 7. The second kappa shape index (κ2) is 9.77. The molecule has 0 bridgehead atoms. The van der Waals surface area contributed by atoms with Gasteiger partial charge in [0.15, 0.2) is 6.10 Å². The fourth-order valence-corrected chi connectivity index (χ4v) is 3.81. The lowest BCUT2D eigenvalue weighted by molar-refractivity contribution is -0.150. The first-order chi connectivity index (χ1) is 16.0. The van der Waals surface area contributed by atoms with Crippen LogP contribution in [0.4, 0.5) is 5.69 Å². The number of ether oxygens (including phenoxy) is 3. The Hall–Kier alpha value is -3.81. The maximum absolute atomic E-state index is 13.0. The minimum Gasteiger partial charge on any atom is -0.493 e. The topological polar surface area (TPSA) is 95.9 Å². The number of nitrogens with zero attached hydrogens (tertiary/aromatic N) is 1. The molecule has 4 rings (SSSR count). The number of aryl methyl sites for hydroxylation is 1. The Labute approximate surface area is 191 Å². The molecule has 8 nitrogen and oxygen atoms in total. The number of carbonyl (C=O) groups is 2. The van der Waals surface area contributed by atoms with Crippen LogP contribution in [0.2, 0.25) is 0 Å². The van der Waals surface area contributed by atoms with Crippen LogP contribution in [-0.4, -0.2) is 35.8 Å². The van der Waals surface area contributed by atoms with Crippen molar-refractivity contribution in [3.63, 3.8) is 0 Å². The van der Waals surface area contributed by atoms with Gasteiger partial charge in [0.1, 0.15) is 18.0 Å². The van der Waals surface area contributed by atoms with Crippen LogP contribution in [0, 0.1) is 0 Å². The smallest absolute Gasteiger partial charge is 0.347 e. The van der Waals surface area contributed by atoms with E-state index in [-0.39, 0.29) is 24.6 Å². The van der Waals surface area contributed by atoms with Crippen LogP contribution in [0.25, 0.3) is 10.8 Å². The molecule has 1 atom stereocenters. The SMILES string of the molecule is CCOC(=O)C(C)Oc1cccc2c(=O)n(CC(=O)Nc3ccc4c(c3)CCCO4)ccc12. The molecule has 1 N–H and O–H groups in total. The van der Waals surface area contributed by atoms with Crippen LogP contribution in [-0.2, 0) is 27.3 Å². The molecule has 0 radical (unpaired) electrons. The first kappa shape index (κ1) is 22.4. The Kier molecular flexibility index (Phi) is 6.63. The van der Waals surface area contributed by atoms with Crippen molar-refractivity contribution in [3.8, 4) is 11.5 Å². The molecule has 3 aromatic rings. The van der Waals surface area contributed by atoms with E-state index in [0.29, 0.717) is 28.8 Å². The van der Waals surface area contributed by atoms with Crippen LogP contribution in [0.1, 0.15) is 25.8 Å². The van der Waals surface area contributed by atoms with Crippen molar-refractivity contribution in [2.75, 3.05) is 18.5 Å². The molecule has 1 unspecified atom stereocenters.